The van der Waals surface area contributed by atoms with Gasteiger partial charge in [-0.15, -0.1) is 11.3 Å². The molecule has 6 nitrogen and oxygen atoms in total. The lowest BCUT2D eigenvalue weighted by atomic mass is 10.0. The average molecular weight is 278 g/mol. The Morgan fingerprint density at radius 2 is 2.26 bits per heavy atom. The van der Waals surface area contributed by atoms with Crippen molar-refractivity contribution in [3.8, 4) is 0 Å². The van der Waals surface area contributed by atoms with E-state index in [0.717, 1.165) is 10.7 Å². The number of piperazine rings is 1. The van der Waals surface area contributed by atoms with E-state index < -0.39 is 5.54 Å². The SMILES string of the molecule is CC1(C)NC(=O)CN(Cc2cn3ccsc3n2)C1=O. The van der Waals surface area contributed by atoms with Crippen LogP contribution in [-0.4, -0.2) is 38.2 Å². The molecule has 1 N–H and O–H groups in total. The van der Waals surface area contributed by atoms with Gasteiger partial charge in [-0.25, -0.2) is 4.98 Å². The molecule has 3 rings (SSSR count). The zero-order chi connectivity index (χ0) is 13.6. The number of hydrogen-bond donors (Lipinski definition) is 1. The monoisotopic (exact) mass is 278 g/mol. The van der Waals surface area contributed by atoms with Crippen LogP contribution in [0.3, 0.4) is 0 Å². The summed E-state index contributed by atoms with van der Waals surface area (Å²) in [6.45, 7) is 3.88. The van der Waals surface area contributed by atoms with Crippen LogP contribution in [0.15, 0.2) is 17.8 Å². The van der Waals surface area contributed by atoms with E-state index in [2.05, 4.69) is 10.3 Å². The number of hydrogen-bond acceptors (Lipinski definition) is 4. The summed E-state index contributed by atoms with van der Waals surface area (Å²) >= 11 is 1.54. The van der Waals surface area contributed by atoms with Gasteiger partial charge in [-0.05, 0) is 13.8 Å². The quantitative estimate of drug-likeness (QED) is 0.876. The summed E-state index contributed by atoms with van der Waals surface area (Å²) in [5.74, 6) is -0.214. The van der Waals surface area contributed by atoms with Crippen molar-refractivity contribution in [1.82, 2.24) is 19.6 Å². The predicted molar refractivity (Wildman–Crippen MR) is 70.7 cm³/mol. The molecule has 1 saturated heterocycles. The van der Waals surface area contributed by atoms with Crippen molar-refractivity contribution in [3.05, 3.63) is 23.5 Å². The van der Waals surface area contributed by atoms with E-state index in [0.29, 0.717) is 6.54 Å². The summed E-state index contributed by atoms with van der Waals surface area (Å²) in [6.07, 6.45) is 3.81. The number of aromatic nitrogens is 2. The standard InChI is InChI=1S/C12H14N4O2S/c1-12(2)10(18)16(7-9(17)14-12)6-8-5-15-3-4-19-11(15)13-8/h3-5H,6-7H2,1-2H3,(H,14,17). The lowest BCUT2D eigenvalue weighted by Crippen LogP contribution is -2.63. The number of carbonyl (C=O) groups is 2. The molecule has 100 valence electrons. The van der Waals surface area contributed by atoms with Crippen molar-refractivity contribution < 1.29 is 9.59 Å². The summed E-state index contributed by atoms with van der Waals surface area (Å²) in [7, 11) is 0. The third-order valence-corrected chi connectivity index (χ3v) is 3.87. The molecule has 2 amide bonds. The van der Waals surface area contributed by atoms with E-state index >= 15 is 0 Å². The Bertz CT molecular complexity index is 629. The highest BCUT2D eigenvalue weighted by Gasteiger charge is 2.39. The fraction of sp³-hybridized carbons (Fsp3) is 0.417. The van der Waals surface area contributed by atoms with Gasteiger partial charge in [0, 0.05) is 17.8 Å². The molecular formula is C12H14N4O2S. The van der Waals surface area contributed by atoms with Crippen molar-refractivity contribution in [2.45, 2.75) is 25.9 Å². The van der Waals surface area contributed by atoms with Gasteiger partial charge >= 0.3 is 0 Å². The summed E-state index contributed by atoms with van der Waals surface area (Å²) in [6, 6.07) is 0. The number of thiazole rings is 1. The smallest absolute Gasteiger partial charge is 0.248 e. The third-order valence-electron chi connectivity index (χ3n) is 3.10. The van der Waals surface area contributed by atoms with Crippen LogP contribution in [0.4, 0.5) is 0 Å². The Kier molecular flexibility index (Phi) is 2.60. The van der Waals surface area contributed by atoms with Gasteiger partial charge in [-0.1, -0.05) is 0 Å². The number of rotatable bonds is 2. The average Bonchev–Trinajstić information content (AvgIpc) is 2.84. The first-order valence-electron chi connectivity index (χ1n) is 5.97. The number of fused-ring (bicyclic) bond motifs is 1. The molecule has 0 aliphatic carbocycles. The van der Waals surface area contributed by atoms with Crippen molar-refractivity contribution in [3.63, 3.8) is 0 Å². The molecule has 2 aromatic heterocycles. The molecule has 1 aliphatic heterocycles. The number of nitrogens with one attached hydrogen (secondary N) is 1. The van der Waals surface area contributed by atoms with Gasteiger partial charge < -0.3 is 10.2 Å². The Hall–Kier alpha value is -1.89. The summed E-state index contributed by atoms with van der Waals surface area (Å²) < 4.78 is 1.92. The van der Waals surface area contributed by atoms with E-state index in [1.165, 1.54) is 0 Å². The minimum atomic E-state index is -0.841. The van der Waals surface area contributed by atoms with Crippen LogP contribution >= 0.6 is 11.3 Å². The van der Waals surface area contributed by atoms with Crippen LogP contribution in [0.1, 0.15) is 19.5 Å². The van der Waals surface area contributed by atoms with E-state index in [4.69, 9.17) is 0 Å². The van der Waals surface area contributed by atoms with Crippen LogP contribution in [0.2, 0.25) is 0 Å². The molecule has 2 aromatic rings. The first kappa shape index (κ1) is 12.2. The van der Waals surface area contributed by atoms with Crippen LogP contribution in [0.5, 0.6) is 0 Å². The second-order valence-electron chi connectivity index (χ2n) is 5.16. The molecule has 0 atom stereocenters. The topological polar surface area (TPSA) is 66.7 Å². The summed E-state index contributed by atoms with van der Waals surface area (Å²) in [4.78, 5) is 30.7. The second kappa shape index (κ2) is 4.06. The molecule has 3 heterocycles. The van der Waals surface area contributed by atoms with Gasteiger partial charge in [-0.2, -0.15) is 0 Å². The van der Waals surface area contributed by atoms with Gasteiger partial charge in [0.15, 0.2) is 4.96 Å². The number of amides is 2. The Labute approximate surface area is 114 Å². The molecule has 0 aromatic carbocycles. The number of imidazole rings is 1. The molecular weight excluding hydrogens is 264 g/mol. The molecule has 1 fully saturated rings. The lowest BCUT2D eigenvalue weighted by Gasteiger charge is -2.37. The van der Waals surface area contributed by atoms with Crippen LogP contribution in [0, 0.1) is 0 Å². The largest absolute Gasteiger partial charge is 0.341 e. The minimum absolute atomic E-state index is 0.0801. The zero-order valence-corrected chi connectivity index (χ0v) is 11.5. The highest BCUT2D eigenvalue weighted by molar-refractivity contribution is 7.15. The molecule has 7 heteroatoms. The van der Waals surface area contributed by atoms with Gasteiger partial charge in [-0.3, -0.25) is 14.0 Å². The maximum Gasteiger partial charge on any atom is 0.248 e. The maximum atomic E-state index is 12.2. The molecule has 19 heavy (non-hydrogen) atoms. The predicted octanol–water partition coefficient (Wildman–Crippen LogP) is 0.633. The van der Waals surface area contributed by atoms with E-state index in [9.17, 15) is 9.59 Å². The molecule has 0 saturated carbocycles. The fourth-order valence-corrected chi connectivity index (χ4v) is 2.98. The van der Waals surface area contributed by atoms with Crippen molar-refractivity contribution in [1.29, 1.82) is 0 Å². The Morgan fingerprint density at radius 1 is 1.47 bits per heavy atom. The highest BCUT2D eigenvalue weighted by atomic mass is 32.1. The van der Waals surface area contributed by atoms with Crippen LogP contribution in [-0.2, 0) is 16.1 Å². The van der Waals surface area contributed by atoms with Gasteiger partial charge in [0.1, 0.15) is 12.1 Å². The first-order chi connectivity index (χ1) is 8.95. The van der Waals surface area contributed by atoms with Crippen molar-refractivity contribution in [2.75, 3.05) is 6.54 Å². The zero-order valence-electron chi connectivity index (χ0n) is 10.7. The summed E-state index contributed by atoms with van der Waals surface area (Å²) in [5, 5.41) is 4.64. The molecule has 0 radical (unpaired) electrons. The normalized spacial score (nSPS) is 18.9. The molecule has 1 aliphatic rings. The first-order valence-corrected chi connectivity index (χ1v) is 6.85. The lowest BCUT2D eigenvalue weighted by molar-refractivity contribution is -0.149. The minimum Gasteiger partial charge on any atom is -0.341 e. The number of carbonyl (C=O) groups excluding carboxylic acids is 2. The van der Waals surface area contributed by atoms with Crippen molar-refractivity contribution >= 4 is 28.1 Å². The highest BCUT2D eigenvalue weighted by Crippen LogP contribution is 2.17. The van der Waals surface area contributed by atoms with Gasteiger partial charge in [0.2, 0.25) is 11.8 Å². The van der Waals surface area contributed by atoms with Crippen LogP contribution in [0.25, 0.3) is 4.96 Å². The fourth-order valence-electron chi connectivity index (χ4n) is 2.26. The molecule has 0 spiro atoms. The Balaban J connectivity index is 1.83. The van der Waals surface area contributed by atoms with E-state index in [-0.39, 0.29) is 18.4 Å². The maximum absolute atomic E-state index is 12.2. The van der Waals surface area contributed by atoms with Crippen molar-refractivity contribution in [2.24, 2.45) is 0 Å². The van der Waals surface area contributed by atoms with Gasteiger partial charge in [0.05, 0.1) is 12.2 Å². The second-order valence-corrected chi connectivity index (χ2v) is 6.03. The van der Waals surface area contributed by atoms with Crippen LogP contribution < -0.4 is 5.32 Å². The number of nitrogens with zero attached hydrogens (tertiary/aromatic N) is 3. The summed E-state index contributed by atoms with van der Waals surface area (Å²) in [5.41, 5.74) is -0.0439. The molecule has 0 bridgehead atoms. The van der Waals surface area contributed by atoms with Gasteiger partial charge in [0.25, 0.3) is 0 Å². The molecule has 0 unspecified atom stereocenters. The van der Waals surface area contributed by atoms with E-state index in [1.54, 1.807) is 30.1 Å². The Morgan fingerprint density at radius 3 is 3.00 bits per heavy atom. The van der Waals surface area contributed by atoms with E-state index in [1.807, 2.05) is 22.2 Å². The third kappa shape index (κ3) is 2.10.